The molecule has 0 saturated heterocycles. The van der Waals surface area contributed by atoms with Gasteiger partial charge in [0.25, 0.3) is 0 Å². The van der Waals surface area contributed by atoms with Crippen LogP contribution in [-0.4, -0.2) is 9.05 Å². The van der Waals surface area contributed by atoms with Crippen LogP contribution in [0, 0.1) is 71.1 Å². The van der Waals surface area contributed by atoms with Crippen molar-refractivity contribution in [1.82, 2.24) is 0 Å². The van der Waals surface area contributed by atoms with Crippen LogP contribution in [0.1, 0.15) is 0 Å². The second-order valence-electron chi connectivity index (χ2n) is 0.500. The van der Waals surface area contributed by atoms with Crippen molar-refractivity contribution in [3.8, 4) is 0 Å². The van der Waals surface area contributed by atoms with E-state index in [0.717, 1.165) is 0 Å². The summed E-state index contributed by atoms with van der Waals surface area (Å²) in [6.07, 6.45) is 0. The monoisotopic (exact) mass is 562 g/mol. The van der Waals surface area contributed by atoms with E-state index in [2.05, 4.69) is 0 Å². The molecule has 7 heteroatoms. The van der Waals surface area contributed by atoms with Crippen molar-refractivity contribution in [1.29, 1.82) is 0 Å². The summed E-state index contributed by atoms with van der Waals surface area (Å²) in [7, 11) is -5.61. The molecule has 0 aromatic rings. The summed E-state index contributed by atoms with van der Waals surface area (Å²) in [4.78, 5) is 34.3. The van der Waals surface area contributed by atoms with Gasteiger partial charge in [-0.25, -0.2) is 0 Å². The fraction of sp³-hybridized carbons (Fsp3) is 0. The molecule has 0 atom stereocenters. The molecular weight excluding hydrogens is 562 g/mol. The van der Waals surface area contributed by atoms with Crippen LogP contribution in [0.15, 0.2) is 0 Å². The van der Waals surface area contributed by atoms with Crippen LogP contribution in [-0.2, 0) is 0 Å². The van der Waals surface area contributed by atoms with Crippen molar-refractivity contribution in [3.05, 3.63) is 0 Å². The van der Waals surface area contributed by atoms with Crippen molar-refractivity contribution in [3.63, 3.8) is 0 Å². The van der Waals surface area contributed by atoms with Crippen LogP contribution >= 0.6 is 0 Å². The van der Waals surface area contributed by atoms with Crippen LogP contribution < -0.4 is 19.2 Å². The predicted molar refractivity (Wildman–Crippen MR) is 5.75 cm³/mol. The van der Waals surface area contributed by atoms with Crippen molar-refractivity contribution in [2.24, 2.45) is 0 Å². The zero-order chi connectivity index (χ0) is 4.50. The first-order valence-electron chi connectivity index (χ1n) is 0.816. The second-order valence-corrected chi connectivity index (χ2v) is 1.50. The van der Waals surface area contributed by atoms with Crippen LogP contribution in [0.3, 0.4) is 0 Å². The Hall–Kier alpha value is 2.43. The average molecular weight is 562 g/mol. The number of hydrogen-bond donors (Lipinski definition) is 0. The fourth-order valence-electron chi connectivity index (χ4n) is 0. The average Bonchev–Trinajstić information content (AvgIpc) is 0.722. The molecule has 4 nitrogen and oxygen atoms in total. The van der Waals surface area contributed by atoms with Crippen molar-refractivity contribution in [2.45, 2.75) is 0 Å². The molecule has 30 valence electrons. The van der Waals surface area contributed by atoms with Gasteiger partial charge in [-0.15, -0.1) is 0 Å². The second kappa shape index (κ2) is 6.55. The molecule has 0 amide bonds. The summed E-state index contributed by atoms with van der Waals surface area (Å²) in [6, 6.07) is 0. The van der Waals surface area contributed by atoms with Gasteiger partial charge in [-0.2, -0.15) is 0 Å². The summed E-state index contributed by atoms with van der Waals surface area (Å²) in [6.45, 7) is 0. The molecule has 0 aliphatic heterocycles. The Kier molecular flexibility index (Phi) is 15.2. The number of hydrogen-bond acceptors (Lipinski definition) is 4. The van der Waals surface area contributed by atoms with Gasteiger partial charge in [-0.3, -0.25) is 0 Å². The molecule has 0 aliphatic carbocycles. The first-order chi connectivity index (χ1) is 2.00. The summed E-state index contributed by atoms with van der Waals surface area (Å²) < 4.78 is 0. The standard InChI is InChI=1S/O4Si.Th.U/c1-5(2,3)4;;/q-4;+4;+6. The van der Waals surface area contributed by atoms with Gasteiger partial charge in [0, 0.05) is 0 Å². The van der Waals surface area contributed by atoms with Crippen molar-refractivity contribution in [2.75, 3.05) is 0 Å². The molecule has 0 rings (SSSR count). The van der Waals surface area contributed by atoms with Gasteiger partial charge in [0.2, 0.25) is 0 Å². The molecule has 7 heavy (non-hydrogen) atoms. The first kappa shape index (κ1) is 16.2. The quantitative estimate of drug-likeness (QED) is 0.277. The Balaban J connectivity index is -0.0000000800. The molecular formula is O4SiThU+6. The van der Waals surface area contributed by atoms with E-state index in [0.29, 0.717) is 0 Å². The van der Waals surface area contributed by atoms with E-state index in [-0.39, 0.29) is 71.1 Å². The van der Waals surface area contributed by atoms with Gasteiger partial charge in [0.1, 0.15) is 0 Å². The molecule has 0 aromatic carbocycles. The van der Waals surface area contributed by atoms with E-state index < -0.39 is 9.05 Å². The zero-order valence-electron chi connectivity index (χ0n) is 3.13. The Morgan fingerprint density at radius 3 is 0.857 bits per heavy atom. The van der Waals surface area contributed by atoms with E-state index in [9.17, 15) is 0 Å². The third-order valence-corrected chi connectivity index (χ3v) is 0. The third-order valence-electron chi connectivity index (χ3n) is 0. The molecule has 0 aliphatic rings. The summed E-state index contributed by atoms with van der Waals surface area (Å²) in [5.41, 5.74) is 0. The van der Waals surface area contributed by atoms with Crippen molar-refractivity contribution < 1.29 is 90.2 Å². The zero-order valence-corrected chi connectivity index (χ0v) is 12.4. The Labute approximate surface area is 97.5 Å². The van der Waals surface area contributed by atoms with E-state index in [4.69, 9.17) is 19.2 Å². The summed E-state index contributed by atoms with van der Waals surface area (Å²) >= 11 is 0. The van der Waals surface area contributed by atoms with Gasteiger partial charge in [-0.05, 0) is 0 Å². The summed E-state index contributed by atoms with van der Waals surface area (Å²) in [5, 5.41) is 0. The largest absolute Gasteiger partial charge is 6.00 e. The van der Waals surface area contributed by atoms with Gasteiger partial charge in [-0.1, -0.05) is 0 Å². The Morgan fingerprint density at radius 1 is 0.857 bits per heavy atom. The molecule has 0 N–H and O–H groups in total. The maximum Gasteiger partial charge on any atom is 6.00 e. The fourth-order valence-corrected chi connectivity index (χ4v) is 0. The summed E-state index contributed by atoms with van der Waals surface area (Å²) in [5.74, 6) is 0. The van der Waals surface area contributed by atoms with E-state index in [1.807, 2.05) is 0 Å². The Morgan fingerprint density at radius 2 is 0.857 bits per heavy atom. The van der Waals surface area contributed by atoms with E-state index in [1.165, 1.54) is 0 Å². The molecule has 0 heterocycles. The van der Waals surface area contributed by atoms with Gasteiger partial charge >= 0.3 is 71.1 Å². The van der Waals surface area contributed by atoms with Crippen molar-refractivity contribution >= 4 is 9.05 Å². The minimum atomic E-state index is -5.61. The van der Waals surface area contributed by atoms with Crippen LogP contribution in [0.2, 0.25) is 0 Å². The van der Waals surface area contributed by atoms with E-state index >= 15 is 0 Å². The molecule has 0 spiro atoms. The van der Waals surface area contributed by atoms with Gasteiger partial charge in [0.05, 0.1) is 0 Å². The topological polar surface area (TPSA) is 92.2 Å². The van der Waals surface area contributed by atoms with Gasteiger partial charge in [0.15, 0.2) is 0 Å². The molecule has 0 unspecified atom stereocenters. The minimum Gasteiger partial charge on any atom is -0.894 e. The molecule has 0 fully saturated rings. The Bertz CT molecular complexity index is 27.2. The number of rotatable bonds is 0. The molecule has 0 radical (unpaired) electrons. The minimum absolute atomic E-state index is 0. The smallest absolute Gasteiger partial charge is 0.894 e. The van der Waals surface area contributed by atoms with Gasteiger partial charge < -0.3 is 28.2 Å². The maximum atomic E-state index is 8.58. The maximum absolute atomic E-state index is 8.58. The predicted octanol–water partition coefficient (Wildman–Crippen LogP) is -5.14. The van der Waals surface area contributed by atoms with Crippen LogP contribution in [0.25, 0.3) is 0 Å². The van der Waals surface area contributed by atoms with Crippen LogP contribution in [0.4, 0.5) is 0 Å². The first-order valence-corrected chi connectivity index (χ1v) is 2.45. The molecule has 0 saturated carbocycles. The van der Waals surface area contributed by atoms with E-state index in [1.54, 1.807) is 0 Å². The van der Waals surface area contributed by atoms with Crippen LogP contribution in [0.5, 0.6) is 0 Å². The third kappa shape index (κ3) is 58.9. The molecule has 0 aromatic heterocycles. The normalized spacial score (nSPS) is 8.57. The molecule has 0 bridgehead atoms. The SMILES string of the molecule is [O-][Si]([O-])([O-])[O-].[Th+4].[U+6].